The summed E-state index contributed by atoms with van der Waals surface area (Å²) in [6.07, 6.45) is 0.294. The van der Waals surface area contributed by atoms with Crippen LogP contribution < -0.4 is 10.2 Å². The third kappa shape index (κ3) is 2.44. The van der Waals surface area contributed by atoms with Crippen molar-refractivity contribution < 1.29 is 9.59 Å². The molecular weight excluding hydrogens is 275 g/mol. The Hall–Kier alpha value is -1.26. The molecule has 1 atom stereocenters. The maximum atomic E-state index is 11.8. The lowest BCUT2D eigenvalue weighted by Gasteiger charge is -2.18. The summed E-state index contributed by atoms with van der Waals surface area (Å²) in [5.41, 5.74) is 0.994. The van der Waals surface area contributed by atoms with Crippen molar-refractivity contribution in [3.63, 3.8) is 0 Å². The van der Waals surface area contributed by atoms with Crippen LogP contribution in [0.5, 0.6) is 0 Å². The second-order valence-corrected chi connectivity index (χ2v) is 5.08. The fourth-order valence-corrected chi connectivity index (χ4v) is 2.39. The van der Waals surface area contributed by atoms with Crippen LogP contribution in [-0.4, -0.2) is 30.8 Å². The highest BCUT2D eigenvalue weighted by atomic mass is 35.5. The number of amides is 2. The molecule has 0 spiro atoms. The van der Waals surface area contributed by atoms with Crippen molar-refractivity contribution in [1.82, 2.24) is 5.32 Å². The summed E-state index contributed by atoms with van der Waals surface area (Å²) >= 11 is 12.0. The Kier molecular flexibility index (Phi) is 3.78. The monoisotopic (exact) mass is 286 g/mol. The van der Waals surface area contributed by atoms with Crippen LogP contribution >= 0.6 is 23.2 Å². The van der Waals surface area contributed by atoms with Crippen LogP contribution in [0.1, 0.15) is 16.8 Å². The third-order valence-electron chi connectivity index (χ3n) is 2.80. The number of hydrogen-bond donors (Lipinski definition) is 1. The van der Waals surface area contributed by atoms with Crippen molar-refractivity contribution in [3.05, 3.63) is 28.8 Å². The molecule has 6 heteroatoms. The van der Waals surface area contributed by atoms with Crippen LogP contribution in [0.3, 0.4) is 0 Å². The summed E-state index contributed by atoms with van der Waals surface area (Å²) in [4.78, 5) is 24.8. The quantitative estimate of drug-likeness (QED) is 0.846. The number of halogens is 2. The van der Waals surface area contributed by atoms with Gasteiger partial charge in [-0.3, -0.25) is 9.59 Å². The summed E-state index contributed by atoms with van der Waals surface area (Å²) in [6.45, 7) is 0.414. The predicted molar refractivity (Wildman–Crippen MR) is 71.5 cm³/mol. The Morgan fingerprint density at radius 2 is 2.22 bits per heavy atom. The van der Waals surface area contributed by atoms with Crippen LogP contribution in [0.15, 0.2) is 18.2 Å². The van der Waals surface area contributed by atoms with Gasteiger partial charge in [0.05, 0.1) is 16.1 Å². The zero-order chi connectivity index (χ0) is 13.3. The largest absolute Gasteiger partial charge is 0.355 e. The van der Waals surface area contributed by atoms with Crippen LogP contribution in [0.4, 0.5) is 5.69 Å². The maximum Gasteiger partial charge on any atom is 0.251 e. The topological polar surface area (TPSA) is 49.4 Å². The average molecular weight is 287 g/mol. The maximum absolute atomic E-state index is 11.8. The Morgan fingerprint density at radius 3 is 2.78 bits per heavy atom. The first kappa shape index (κ1) is 13.2. The number of nitrogens with zero attached hydrogens (tertiary/aromatic N) is 1. The Balaban J connectivity index is 2.38. The Bertz CT molecular complexity index is 505. The minimum absolute atomic E-state index is 0.0778. The Morgan fingerprint density at radius 1 is 1.50 bits per heavy atom. The van der Waals surface area contributed by atoms with Gasteiger partial charge in [-0.2, -0.15) is 0 Å². The van der Waals surface area contributed by atoms with Gasteiger partial charge in [0.1, 0.15) is 0 Å². The molecule has 1 aliphatic heterocycles. The van der Waals surface area contributed by atoms with E-state index in [1.165, 1.54) is 4.90 Å². The highest BCUT2D eigenvalue weighted by Gasteiger charge is 2.30. The van der Waals surface area contributed by atoms with Gasteiger partial charge in [-0.05, 0) is 18.2 Å². The van der Waals surface area contributed by atoms with Crippen LogP contribution in [0, 0.1) is 0 Å². The molecule has 18 heavy (non-hydrogen) atoms. The molecule has 1 N–H and O–H groups in total. The molecule has 1 aromatic carbocycles. The molecule has 1 unspecified atom stereocenters. The molecular formula is C12H12Cl2N2O2. The summed E-state index contributed by atoms with van der Waals surface area (Å²) in [5.74, 6) is -0.298. The number of rotatable bonds is 2. The highest BCUT2D eigenvalue weighted by Crippen LogP contribution is 2.31. The van der Waals surface area contributed by atoms with E-state index in [4.69, 9.17) is 23.2 Å². The normalized spacial score (nSPS) is 19.2. The minimum Gasteiger partial charge on any atom is -0.355 e. The molecule has 0 radical (unpaired) electrons. The first-order chi connectivity index (χ1) is 8.52. The molecule has 1 aromatic rings. The van der Waals surface area contributed by atoms with Crippen molar-refractivity contribution >= 4 is 40.7 Å². The molecule has 0 aliphatic carbocycles. The van der Waals surface area contributed by atoms with E-state index >= 15 is 0 Å². The summed E-state index contributed by atoms with van der Waals surface area (Å²) < 4.78 is 0. The number of benzene rings is 1. The molecule has 96 valence electrons. The second-order valence-electron chi connectivity index (χ2n) is 4.05. The van der Waals surface area contributed by atoms with Gasteiger partial charge in [-0.15, -0.1) is 11.6 Å². The second kappa shape index (κ2) is 5.16. The molecule has 1 fully saturated rings. The van der Waals surface area contributed by atoms with E-state index in [0.29, 0.717) is 29.2 Å². The number of carbonyl (C=O) groups is 2. The molecule has 4 nitrogen and oxygen atoms in total. The molecule has 2 amide bonds. The van der Waals surface area contributed by atoms with Gasteiger partial charge >= 0.3 is 0 Å². The number of hydrogen-bond acceptors (Lipinski definition) is 2. The number of carbonyl (C=O) groups excluding carboxylic acids is 2. The number of alkyl halides is 1. The third-order valence-corrected chi connectivity index (χ3v) is 3.42. The molecule has 1 saturated heterocycles. The number of anilines is 1. The van der Waals surface area contributed by atoms with Gasteiger partial charge in [0.2, 0.25) is 5.91 Å². The van der Waals surface area contributed by atoms with Gasteiger partial charge in [-0.25, -0.2) is 0 Å². The van der Waals surface area contributed by atoms with Gasteiger partial charge in [0.25, 0.3) is 5.91 Å². The molecule has 0 aromatic heterocycles. The van der Waals surface area contributed by atoms with E-state index < -0.39 is 0 Å². The lowest BCUT2D eigenvalue weighted by atomic mass is 10.1. The first-order valence-electron chi connectivity index (χ1n) is 5.49. The van der Waals surface area contributed by atoms with E-state index in [1.807, 2.05) is 0 Å². The predicted octanol–water partition coefficient (Wildman–Crippen LogP) is 2.04. The standard InChI is InChI=1S/C12H12Cl2N2O2/c1-15-12(18)7-2-3-9(14)10(4-7)16-6-8(13)5-11(16)17/h2-4,8H,5-6H2,1H3,(H,15,18). The molecule has 1 heterocycles. The molecule has 0 saturated carbocycles. The van der Waals surface area contributed by atoms with Crippen molar-refractivity contribution in [2.75, 3.05) is 18.5 Å². The summed E-state index contributed by atoms with van der Waals surface area (Å²) in [5, 5.41) is 2.75. The van der Waals surface area contributed by atoms with E-state index in [0.717, 1.165) is 0 Å². The minimum atomic E-state index is -0.220. The first-order valence-corrected chi connectivity index (χ1v) is 6.30. The van der Waals surface area contributed by atoms with Gasteiger partial charge in [-0.1, -0.05) is 11.6 Å². The van der Waals surface area contributed by atoms with Crippen molar-refractivity contribution in [3.8, 4) is 0 Å². The Labute approximate surface area is 115 Å². The van der Waals surface area contributed by atoms with E-state index in [1.54, 1.807) is 25.2 Å². The van der Waals surface area contributed by atoms with Crippen molar-refractivity contribution in [1.29, 1.82) is 0 Å². The van der Waals surface area contributed by atoms with Gasteiger partial charge < -0.3 is 10.2 Å². The molecule has 2 rings (SSSR count). The molecule has 0 bridgehead atoms. The lowest BCUT2D eigenvalue weighted by molar-refractivity contribution is -0.117. The average Bonchev–Trinajstić information content (AvgIpc) is 2.68. The lowest BCUT2D eigenvalue weighted by Crippen LogP contribution is -2.26. The van der Waals surface area contributed by atoms with Crippen LogP contribution in [0.25, 0.3) is 0 Å². The van der Waals surface area contributed by atoms with E-state index in [2.05, 4.69) is 5.32 Å². The smallest absolute Gasteiger partial charge is 0.251 e. The van der Waals surface area contributed by atoms with E-state index in [9.17, 15) is 9.59 Å². The fourth-order valence-electron chi connectivity index (χ4n) is 1.90. The van der Waals surface area contributed by atoms with E-state index in [-0.39, 0.29) is 17.2 Å². The highest BCUT2D eigenvalue weighted by molar-refractivity contribution is 6.34. The summed E-state index contributed by atoms with van der Waals surface area (Å²) in [7, 11) is 1.55. The molecule has 1 aliphatic rings. The number of nitrogens with one attached hydrogen (secondary N) is 1. The fraction of sp³-hybridized carbons (Fsp3) is 0.333. The van der Waals surface area contributed by atoms with Crippen molar-refractivity contribution in [2.45, 2.75) is 11.8 Å². The van der Waals surface area contributed by atoms with Crippen LogP contribution in [-0.2, 0) is 4.79 Å². The SMILES string of the molecule is CNC(=O)c1ccc(Cl)c(N2CC(Cl)CC2=O)c1. The van der Waals surface area contributed by atoms with Gasteiger partial charge in [0.15, 0.2) is 0 Å². The van der Waals surface area contributed by atoms with Gasteiger partial charge in [0, 0.05) is 25.6 Å². The van der Waals surface area contributed by atoms with Crippen LogP contribution in [0.2, 0.25) is 5.02 Å². The summed E-state index contributed by atoms with van der Waals surface area (Å²) in [6, 6.07) is 4.83. The zero-order valence-corrected chi connectivity index (χ0v) is 11.3. The van der Waals surface area contributed by atoms with Crippen molar-refractivity contribution in [2.24, 2.45) is 0 Å². The zero-order valence-electron chi connectivity index (χ0n) is 9.74.